The lowest BCUT2D eigenvalue weighted by Gasteiger charge is -2.37. The summed E-state index contributed by atoms with van der Waals surface area (Å²) in [6.07, 6.45) is 5.80. The van der Waals surface area contributed by atoms with E-state index in [2.05, 4.69) is 46.5 Å². The number of aryl methyl sites for hydroxylation is 2. The van der Waals surface area contributed by atoms with Gasteiger partial charge in [-0.1, -0.05) is 37.3 Å². The molecule has 0 radical (unpaired) electrons. The average molecular weight is 486 g/mol. The molecule has 0 bridgehead atoms. The maximum atomic E-state index is 13.3. The van der Waals surface area contributed by atoms with Crippen molar-refractivity contribution in [2.75, 3.05) is 38.0 Å². The third-order valence-electron chi connectivity index (χ3n) is 7.72. The number of hydrogen-bond acceptors (Lipinski definition) is 4. The van der Waals surface area contributed by atoms with Gasteiger partial charge in [0.2, 0.25) is 5.91 Å². The fourth-order valence-corrected chi connectivity index (χ4v) is 5.23. The van der Waals surface area contributed by atoms with E-state index in [1.165, 1.54) is 11.1 Å². The van der Waals surface area contributed by atoms with Crippen molar-refractivity contribution in [3.05, 3.63) is 71.5 Å². The van der Waals surface area contributed by atoms with E-state index in [4.69, 9.17) is 0 Å². The second kappa shape index (κ2) is 10.3. The number of amides is 2. The number of anilines is 1. The van der Waals surface area contributed by atoms with Crippen LogP contribution in [-0.4, -0.2) is 64.1 Å². The Balaban J connectivity index is 1.18. The number of benzene rings is 2. The predicted molar refractivity (Wildman–Crippen MR) is 142 cm³/mol. The Morgan fingerprint density at radius 1 is 1.03 bits per heavy atom. The SMILES string of the molecule is CCN1CC(C(=O)Nc2cc(C(=O)N3CCC(c4ccc(-c5cnn(C)c5)cc4)CC3)ccc2C)C1. The van der Waals surface area contributed by atoms with Crippen molar-refractivity contribution >= 4 is 17.5 Å². The molecule has 2 aliphatic heterocycles. The van der Waals surface area contributed by atoms with Gasteiger partial charge in [-0.2, -0.15) is 5.10 Å². The highest BCUT2D eigenvalue weighted by Gasteiger charge is 2.32. The van der Waals surface area contributed by atoms with Crippen molar-refractivity contribution in [1.82, 2.24) is 19.6 Å². The summed E-state index contributed by atoms with van der Waals surface area (Å²) in [5.41, 5.74) is 5.96. The first-order valence-corrected chi connectivity index (χ1v) is 12.9. The lowest BCUT2D eigenvalue weighted by atomic mass is 9.88. The molecule has 1 N–H and O–H groups in total. The molecule has 0 atom stereocenters. The quantitative estimate of drug-likeness (QED) is 0.565. The van der Waals surface area contributed by atoms with E-state index in [9.17, 15) is 9.59 Å². The second-order valence-electron chi connectivity index (χ2n) is 10.2. The van der Waals surface area contributed by atoms with Crippen LogP contribution in [0.15, 0.2) is 54.9 Å². The largest absolute Gasteiger partial charge is 0.339 e. The summed E-state index contributed by atoms with van der Waals surface area (Å²) >= 11 is 0. The van der Waals surface area contributed by atoms with Crippen LogP contribution >= 0.6 is 0 Å². The van der Waals surface area contributed by atoms with Crippen molar-refractivity contribution in [3.8, 4) is 11.1 Å². The van der Waals surface area contributed by atoms with Crippen LogP contribution in [0.2, 0.25) is 0 Å². The van der Waals surface area contributed by atoms with Gasteiger partial charge < -0.3 is 15.1 Å². The van der Waals surface area contributed by atoms with Gasteiger partial charge in [-0.25, -0.2) is 0 Å². The molecule has 7 heteroatoms. The first-order valence-electron chi connectivity index (χ1n) is 12.9. The molecule has 0 aliphatic carbocycles. The number of aromatic nitrogens is 2. The van der Waals surface area contributed by atoms with Gasteiger partial charge in [0.25, 0.3) is 5.91 Å². The zero-order valence-electron chi connectivity index (χ0n) is 21.4. The number of nitrogens with one attached hydrogen (secondary N) is 1. The van der Waals surface area contributed by atoms with Crippen LogP contribution in [0.4, 0.5) is 5.69 Å². The van der Waals surface area contributed by atoms with Gasteiger partial charge in [-0.15, -0.1) is 0 Å². The van der Waals surface area contributed by atoms with Crippen LogP contribution in [0.1, 0.15) is 47.2 Å². The molecule has 36 heavy (non-hydrogen) atoms. The van der Waals surface area contributed by atoms with E-state index in [0.29, 0.717) is 11.5 Å². The number of carbonyl (C=O) groups excluding carboxylic acids is 2. The zero-order chi connectivity index (χ0) is 25.2. The van der Waals surface area contributed by atoms with Crippen LogP contribution in [0.5, 0.6) is 0 Å². The third kappa shape index (κ3) is 5.07. The van der Waals surface area contributed by atoms with E-state index in [0.717, 1.165) is 62.4 Å². The van der Waals surface area contributed by atoms with Gasteiger partial charge in [0.1, 0.15) is 0 Å². The molecule has 188 valence electrons. The van der Waals surface area contributed by atoms with Gasteiger partial charge in [-0.3, -0.25) is 14.3 Å². The molecule has 2 saturated heterocycles. The summed E-state index contributed by atoms with van der Waals surface area (Å²) in [5, 5.41) is 7.32. The van der Waals surface area contributed by atoms with Gasteiger partial charge in [0.15, 0.2) is 0 Å². The van der Waals surface area contributed by atoms with Crippen molar-refractivity contribution in [3.63, 3.8) is 0 Å². The Hall–Kier alpha value is -3.45. The smallest absolute Gasteiger partial charge is 0.253 e. The molecule has 1 aromatic heterocycles. The summed E-state index contributed by atoms with van der Waals surface area (Å²) in [6, 6.07) is 14.4. The fraction of sp³-hybridized carbons (Fsp3) is 0.414. The Morgan fingerprint density at radius 2 is 1.75 bits per heavy atom. The van der Waals surface area contributed by atoms with E-state index in [1.54, 1.807) is 0 Å². The Morgan fingerprint density at radius 3 is 2.39 bits per heavy atom. The number of hydrogen-bond donors (Lipinski definition) is 1. The van der Waals surface area contributed by atoms with Crippen LogP contribution in [0.3, 0.4) is 0 Å². The van der Waals surface area contributed by atoms with Crippen molar-refractivity contribution in [2.45, 2.75) is 32.6 Å². The summed E-state index contributed by atoms with van der Waals surface area (Å²) in [5.74, 6) is 0.565. The highest BCUT2D eigenvalue weighted by atomic mass is 16.2. The molecule has 0 spiro atoms. The molecule has 3 heterocycles. The van der Waals surface area contributed by atoms with Crippen LogP contribution in [0.25, 0.3) is 11.1 Å². The molecule has 2 aromatic carbocycles. The molecule has 2 amide bonds. The van der Waals surface area contributed by atoms with Gasteiger partial charge in [0, 0.05) is 56.2 Å². The first-order chi connectivity index (χ1) is 17.4. The molecule has 0 unspecified atom stereocenters. The molecule has 7 nitrogen and oxygen atoms in total. The Kier molecular flexibility index (Phi) is 6.92. The highest BCUT2D eigenvalue weighted by molar-refractivity contribution is 5.98. The number of rotatable bonds is 6. The van der Waals surface area contributed by atoms with Crippen molar-refractivity contribution in [2.24, 2.45) is 13.0 Å². The van der Waals surface area contributed by atoms with E-state index in [-0.39, 0.29) is 17.7 Å². The topological polar surface area (TPSA) is 70.5 Å². The lowest BCUT2D eigenvalue weighted by Crippen LogP contribution is -2.51. The minimum absolute atomic E-state index is 0.0289. The van der Waals surface area contributed by atoms with Gasteiger partial charge in [-0.05, 0) is 61.1 Å². The second-order valence-corrected chi connectivity index (χ2v) is 10.2. The minimum Gasteiger partial charge on any atom is -0.339 e. The van der Waals surface area contributed by atoms with Crippen LogP contribution < -0.4 is 5.32 Å². The maximum absolute atomic E-state index is 13.3. The average Bonchev–Trinajstić information content (AvgIpc) is 3.31. The molecular formula is C29H35N5O2. The number of carbonyl (C=O) groups is 2. The molecule has 3 aromatic rings. The minimum atomic E-state index is 0.0289. The maximum Gasteiger partial charge on any atom is 0.253 e. The first kappa shape index (κ1) is 24.3. The van der Waals surface area contributed by atoms with E-state index in [1.807, 2.05) is 54.1 Å². The normalized spacial score (nSPS) is 17.1. The fourth-order valence-electron chi connectivity index (χ4n) is 5.23. The predicted octanol–water partition coefficient (Wildman–Crippen LogP) is 4.31. The van der Waals surface area contributed by atoms with E-state index >= 15 is 0 Å². The molecule has 5 rings (SSSR count). The Labute approximate surface area is 213 Å². The Bertz CT molecular complexity index is 1230. The zero-order valence-corrected chi connectivity index (χ0v) is 21.4. The third-order valence-corrected chi connectivity index (χ3v) is 7.72. The standard InChI is InChI=1S/C29H35N5O2/c1-4-33-18-26(19-33)28(35)31-27-15-24(6-5-20(27)2)29(36)34-13-11-23(12-14-34)21-7-9-22(10-8-21)25-16-30-32(3)17-25/h5-10,15-17,23,26H,4,11-14,18-19H2,1-3H3,(H,31,35). The summed E-state index contributed by atoms with van der Waals surface area (Å²) < 4.78 is 1.81. The monoisotopic (exact) mass is 485 g/mol. The number of piperidine rings is 1. The lowest BCUT2D eigenvalue weighted by molar-refractivity contribution is -0.124. The summed E-state index contributed by atoms with van der Waals surface area (Å²) in [7, 11) is 1.93. The molecule has 0 saturated carbocycles. The molecule has 2 fully saturated rings. The van der Waals surface area contributed by atoms with Crippen LogP contribution in [0, 0.1) is 12.8 Å². The molecule has 2 aliphatic rings. The van der Waals surface area contributed by atoms with Gasteiger partial charge >= 0.3 is 0 Å². The molecular weight excluding hydrogens is 450 g/mol. The number of nitrogens with zero attached hydrogens (tertiary/aromatic N) is 4. The van der Waals surface area contributed by atoms with Gasteiger partial charge in [0.05, 0.1) is 12.1 Å². The highest BCUT2D eigenvalue weighted by Crippen LogP contribution is 2.31. The van der Waals surface area contributed by atoms with Crippen LogP contribution in [-0.2, 0) is 11.8 Å². The van der Waals surface area contributed by atoms with Crippen molar-refractivity contribution < 1.29 is 9.59 Å². The van der Waals surface area contributed by atoms with Crippen molar-refractivity contribution in [1.29, 1.82) is 0 Å². The summed E-state index contributed by atoms with van der Waals surface area (Å²) in [6.45, 7) is 8.13. The number of likely N-dealkylation sites (tertiary alicyclic amines) is 2. The van der Waals surface area contributed by atoms with E-state index < -0.39 is 0 Å². The summed E-state index contributed by atoms with van der Waals surface area (Å²) in [4.78, 5) is 30.1.